The van der Waals surface area contributed by atoms with Gasteiger partial charge in [0, 0.05) is 6.42 Å². The van der Waals surface area contributed by atoms with E-state index in [1.807, 2.05) is 6.08 Å². The number of aliphatic hydroxyl groups is 5. The third-order valence-electron chi connectivity index (χ3n) is 14.8. The molecular weight excluding hydrogens is 979 g/mol. The number of hydrogen-bond donors (Lipinski definition) is 6. The molecular formula is C67H119NO10. The molecule has 11 heteroatoms. The largest absolute Gasteiger partial charge is 0.454 e. The van der Waals surface area contributed by atoms with Crippen LogP contribution in [-0.4, -0.2) is 99.6 Å². The van der Waals surface area contributed by atoms with Gasteiger partial charge in [0.25, 0.3) is 0 Å². The number of aliphatic hydroxyl groups excluding tert-OH is 5. The van der Waals surface area contributed by atoms with Crippen molar-refractivity contribution >= 4 is 11.9 Å². The maximum atomic E-state index is 13.5. The number of carbonyl (C=O) groups is 2. The van der Waals surface area contributed by atoms with Gasteiger partial charge in [-0.1, -0.05) is 254 Å². The van der Waals surface area contributed by atoms with E-state index in [1.165, 1.54) is 128 Å². The van der Waals surface area contributed by atoms with Crippen LogP contribution < -0.4 is 5.32 Å². The predicted octanol–water partition coefficient (Wildman–Crippen LogP) is 15.6. The molecule has 1 amide bonds. The van der Waals surface area contributed by atoms with Crippen molar-refractivity contribution in [1.29, 1.82) is 0 Å². The van der Waals surface area contributed by atoms with Crippen molar-refractivity contribution in [3.8, 4) is 0 Å². The van der Waals surface area contributed by atoms with Crippen LogP contribution in [0.2, 0.25) is 0 Å². The van der Waals surface area contributed by atoms with Gasteiger partial charge >= 0.3 is 5.97 Å². The van der Waals surface area contributed by atoms with Crippen LogP contribution in [0.15, 0.2) is 72.9 Å². The average molecular weight is 1100 g/mol. The highest BCUT2D eigenvalue weighted by molar-refractivity contribution is 5.80. The molecule has 452 valence electrons. The molecule has 0 bridgehead atoms. The molecule has 0 aromatic carbocycles. The second-order valence-corrected chi connectivity index (χ2v) is 22.1. The fourth-order valence-corrected chi connectivity index (χ4v) is 9.76. The number of rotatable bonds is 54. The SMILES string of the molecule is CC/C=C/C/C=C/CCCCCCCCCC(=O)OC1C(OCC(NC(=O)C(O)CCCCCCCCCCC/C=C\C/C=C\C/C=C\CCCCC)C(O)/C=C/CCCCCCCCCCCCC)OC(CO)C(O)C1O. The number of carbonyl (C=O) groups excluding carboxylic acids is 2. The van der Waals surface area contributed by atoms with Gasteiger partial charge in [-0.05, 0) is 89.9 Å². The molecule has 8 unspecified atom stereocenters. The lowest BCUT2D eigenvalue weighted by Crippen LogP contribution is -2.61. The van der Waals surface area contributed by atoms with E-state index in [9.17, 15) is 35.1 Å². The molecule has 8 atom stereocenters. The van der Waals surface area contributed by atoms with E-state index in [4.69, 9.17) is 14.2 Å². The van der Waals surface area contributed by atoms with E-state index in [0.29, 0.717) is 12.8 Å². The maximum absolute atomic E-state index is 13.5. The Kier molecular flexibility index (Phi) is 51.3. The van der Waals surface area contributed by atoms with E-state index >= 15 is 0 Å². The quantitative estimate of drug-likeness (QED) is 0.0195. The molecule has 0 radical (unpaired) electrons. The van der Waals surface area contributed by atoms with Crippen LogP contribution in [0.5, 0.6) is 0 Å². The molecule has 0 saturated carbocycles. The van der Waals surface area contributed by atoms with Gasteiger partial charge in [-0.3, -0.25) is 9.59 Å². The molecule has 6 N–H and O–H groups in total. The van der Waals surface area contributed by atoms with Crippen molar-refractivity contribution in [3.05, 3.63) is 72.9 Å². The van der Waals surface area contributed by atoms with E-state index in [2.05, 4.69) is 86.8 Å². The second-order valence-electron chi connectivity index (χ2n) is 22.1. The summed E-state index contributed by atoms with van der Waals surface area (Å²) in [4.78, 5) is 26.6. The van der Waals surface area contributed by atoms with Crippen LogP contribution in [0.25, 0.3) is 0 Å². The van der Waals surface area contributed by atoms with E-state index in [0.717, 1.165) is 103 Å². The summed E-state index contributed by atoms with van der Waals surface area (Å²) in [6, 6.07) is -1.03. The molecule has 78 heavy (non-hydrogen) atoms. The Labute approximate surface area is 477 Å². The first-order chi connectivity index (χ1) is 38.2. The van der Waals surface area contributed by atoms with Crippen LogP contribution in [0.1, 0.15) is 278 Å². The van der Waals surface area contributed by atoms with Gasteiger partial charge in [-0.2, -0.15) is 0 Å². The molecule has 1 fully saturated rings. The lowest BCUT2D eigenvalue weighted by molar-refractivity contribution is -0.305. The van der Waals surface area contributed by atoms with Crippen molar-refractivity contribution < 1.29 is 49.3 Å². The van der Waals surface area contributed by atoms with Crippen LogP contribution >= 0.6 is 0 Å². The molecule has 1 aliphatic heterocycles. The van der Waals surface area contributed by atoms with Crippen molar-refractivity contribution in [2.45, 2.75) is 327 Å². The van der Waals surface area contributed by atoms with Gasteiger partial charge in [0.1, 0.15) is 24.4 Å². The number of esters is 1. The highest BCUT2D eigenvalue weighted by Crippen LogP contribution is 2.26. The number of unbranched alkanes of at least 4 members (excludes halogenated alkanes) is 30. The monoisotopic (exact) mass is 1100 g/mol. The minimum absolute atomic E-state index is 0.112. The van der Waals surface area contributed by atoms with E-state index < -0.39 is 67.4 Å². The minimum Gasteiger partial charge on any atom is -0.454 e. The Bertz CT molecular complexity index is 1540. The second kappa shape index (κ2) is 54.7. The Morgan fingerprint density at radius 1 is 0.513 bits per heavy atom. The van der Waals surface area contributed by atoms with Gasteiger partial charge in [0.2, 0.25) is 5.91 Å². The fraction of sp³-hybridized carbons (Fsp3) is 0.791. The zero-order valence-corrected chi connectivity index (χ0v) is 50.0. The Balaban J connectivity index is 2.66. The molecule has 1 saturated heterocycles. The highest BCUT2D eigenvalue weighted by Gasteiger charge is 2.47. The van der Waals surface area contributed by atoms with Gasteiger partial charge < -0.3 is 45.1 Å². The molecule has 1 rings (SSSR count). The highest BCUT2D eigenvalue weighted by atomic mass is 16.7. The Morgan fingerprint density at radius 3 is 1.41 bits per heavy atom. The first kappa shape index (κ1) is 73.1. The van der Waals surface area contributed by atoms with Gasteiger partial charge in [-0.15, -0.1) is 0 Å². The maximum Gasteiger partial charge on any atom is 0.306 e. The summed E-state index contributed by atoms with van der Waals surface area (Å²) in [7, 11) is 0. The smallest absolute Gasteiger partial charge is 0.306 e. The van der Waals surface area contributed by atoms with Crippen molar-refractivity contribution in [2.75, 3.05) is 13.2 Å². The van der Waals surface area contributed by atoms with Gasteiger partial charge in [0.15, 0.2) is 12.4 Å². The molecule has 0 spiro atoms. The third-order valence-corrected chi connectivity index (χ3v) is 14.8. The molecule has 0 aromatic heterocycles. The predicted molar refractivity (Wildman–Crippen MR) is 324 cm³/mol. The first-order valence-electron chi connectivity index (χ1n) is 32.2. The van der Waals surface area contributed by atoms with E-state index in [-0.39, 0.29) is 19.4 Å². The average Bonchev–Trinajstić information content (AvgIpc) is 3.46. The Hall–Kier alpha value is -2.90. The zero-order valence-electron chi connectivity index (χ0n) is 50.0. The summed E-state index contributed by atoms with van der Waals surface area (Å²) in [5.74, 6) is -1.21. The molecule has 0 aliphatic carbocycles. The third kappa shape index (κ3) is 42.0. The lowest BCUT2D eigenvalue weighted by atomic mass is 9.99. The molecule has 11 nitrogen and oxygen atoms in total. The summed E-state index contributed by atoms with van der Waals surface area (Å²) in [6.45, 7) is 5.66. The Morgan fingerprint density at radius 2 is 0.923 bits per heavy atom. The lowest BCUT2D eigenvalue weighted by Gasteiger charge is -2.41. The zero-order chi connectivity index (χ0) is 56.8. The standard InChI is InChI=1S/C67H119NO10/c1-4-7-10-13-16-19-22-25-27-28-29-30-31-32-33-34-36-39-42-45-48-51-54-60(71)66(75)68-58(59(70)53-50-47-44-41-38-35-24-21-18-15-12-9-6-3)57-76-67-65(64(74)63(73)61(56-69)77-67)78-62(72)55-52-49-46-43-40-37-26-23-20-17-14-11-8-5-2/h8,11,16-17,19-20,25,27,29-30,50,53,58-61,63-65,67,69-71,73-74H,4-7,9-10,12-15,18,21-24,26,28,31-49,51-52,54-57H2,1-3H3,(H,68,75)/b11-8+,19-16-,20-17+,27-25-,30-29-,53-50+. The van der Waals surface area contributed by atoms with Gasteiger partial charge in [0.05, 0.1) is 25.4 Å². The normalized spacial score (nSPS) is 19.4. The van der Waals surface area contributed by atoms with Crippen LogP contribution in [0.3, 0.4) is 0 Å². The molecule has 1 aliphatic rings. The number of nitrogens with one attached hydrogen (secondary N) is 1. The van der Waals surface area contributed by atoms with Crippen LogP contribution in [-0.2, 0) is 23.8 Å². The summed E-state index contributed by atoms with van der Waals surface area (Å²) in [6.07, 6.45) is 59.3. The fourth-order valence-electron chi connectivity index (χ4n) is 9.76. The van der Waals surface area contributed by atoms with Crippen LogP contribution in [0.4, 0.5) is 0 Å². The molecule has 1 heterocycles. The number of allylic oxidation sites excluding steroid dienone is 11. The number of amides is 1. The van der Waals surface area contributed by atoms with Crippen LogP contribution in [0, 0.1) is 0 Å². The number of hydrogen-bond acceptors (Lipinski definition) is 10. The van der Waals surface area contributed by atoms with Crippen molar-refractivity contribution in [2.24, 2.45) is 0 Å². The summed E-state index contributed by atoms with van der Waals surface area (Å²) in [5, 5.41) is 57.0. The summed E-state index contributed by atoms with van der Waals surface area (Å²) in [5.41, 5.74) is 0. The topological polar surface area (TPSA) is 175 Å². The molecule has 0 aromatic rings. The van der Waals surface area contributed by atoms with Crippen molar-refractivity contribution in [3.63, 3.8) is 0 Å². The van der Waals surface area contributed by atoms with E-state index in [1.54, 1.807) is 6.08 Å². The number of ether oxygens (including phenoxy) is 3. The summed E-state index contributed by atoms with van der Waals surface area (Å²) >= 11 is 0. The first-order valence-corrected chi connectivity index (χ1v) is 32.2. The minimum atomic E-state index is -1.62. The van der Waals surface area contributed by atoms with Gasteiger partial charge in [-0.25, -0.2) is 0 Å². The van der Waals surface area contributed by atoms with Crippen molar-refractivity contribution in [1.82, 2.24) is 5.32 Å². The summed E-state index contributed by atoms with van der Waals surface area (Å²) < 4.78 is 17.6.